The Labute approximate surface area is 153 Å². The first kappa shape index (κ1) is 17.7. The van der Waals surface area contributed by atoms with Gasteiger partial charge < -0.3 is 10.6 Å². The zero-order chi connectivity index (χ0) is 18.2. The monoisotopic (exact) mass is 395 g/mol. The third-order valence-electron chi connectivity index (χ3n) is 3.32. The van der Waals surface area contributed by atoms with E-state index in [0.717, 1.165) is 23.2 Å². The first-order valence-corrected chi connectivity index (χ1v) is 10.3. The van der Waals surface area contributed by atoms with Gasteiger partial charge in [0, 0.05) is 11.9 Å². The second-order valence-corrected chi connectivity index (χ2v) is 9.12. The molecule has 0 saturated carbocycles. The van der Waals surface area contributed by atoms with Gasteiger partial charge in [0.05, 0.1) is 20.9 Å². The van der Waals surface area contributed by atoms with Crippen LogP contribution in [0.5, 0.6) is 0 Å². The van der Waals surface area contributed by atoms with E-state index in [1.807, 2.05) is 13.0 Å². The van der Waals surface area contributed by atoms with Crippen molar-refractivity contribution >= 4 is 60.4 Å². The molecule has 2 N–H and O–H groups in total. The van der Waals surface area contributed by atoms with Gasteiger partial charge in [0.15, 0.2) is 0 Å². The highest BCUT2D eigenvalue weighted by molar-refractivity contribution is 7.92. The third kappa shape index (κ3) is 4.09. The Hall–Kier alpha value is -2.16. The minimum atomic E-state index is -3.36. The molecule has 0 bridgehead atoms. The van der Waals surface area contributed by atoms with E-state index >= 15 is 0 Å². The van der Waals surface area contributed by atoms with Crippen LogP contribution in [0.3, 0.4) is 0 Å². The standard InChI is InChI=1S/C16H14ClN3O3S2/c1-9-3-5-12(11(17)7-9)19-15(21)18-10-4-6-13-14(8-10)24-16(20-13)25(2,22)23/h3-8H,1-2H3,(H2,18,19,21). The molecule has 1 heterocycles. The minimum absolute atomic E-state index is 0.0514. The predicted molar refractivity (Wildman–Crippen MR) is 102 cm³/mol. The molecule has 0 aliphatic carbocycles. The Morgan fingerprint density at radius 1 is 1.16 bits per heavy atom. The minimum Gasteiger partial charge on any atom is -0.308 e. The number of nitrogens with one attached hydrogen (secondary N) is 2. The number of hydrogen-bond acceptors (Lipinski definition) is 5. The largest absolute Gasteiger partial charge is 0.323 e. The van der Waals surface area contributed by atoms with Gasteiger partial charge in [0.1, 0.15) is 0 Å². The van der Waals surface area contributed by atoms with Crippen LogP contribution < -0.4 is 10.6 Å². The molecule has 9 heteroatoms. The van der Waals surface area contributed by atoms with Crippen molar-refractivity contribution in [2.45, 2.75) is 11.3 Å². The number of halogens is 1. The summed E-state index contributed by atoms with van der Waals surface area (Å²) in [5.41, 5.74) is 2.59. The molecule has 6 nitrogen and oxygen atoms in total. The molecule has 0 saturated heterocycles. The third-order valence-corrected chi connectivity index (χ3v) is 6.33. The lowest BCUT2D eigenvalue weighted by Crippen LogP contribution is -2.19. The molecule has 0 atom stereocenters. The average molecular weight is 396 g/mol. The molecule has 25 heavy (non-hydrogen) atoms. The van der Waals surface area contributed by atoms with Gasteiger partial charge in [-0.3, -0.25) is 0 Å². The molecule has 0 aliphatic rings. The molecule has 0 unspecified atom stereocenters. The molecule has 0 spiro atoms. The Kier molecular flexibility index (Phi) is 4.68. The van der Waals surface area contributed by atoms with Gasteiger partial charge in [-0.2, -0.15) is 0 Å². The molecular weight excluding hydrogens is 382 g/mol. The highest BCUT2D eigenvalue weighted by atomic mass is 35.5. The maximum absolute atomic E-state index is 12.1. The van der Waals surface area contributed by atoms with E-state index in [2.05, 4.69) is 15.6 Å². The van der Waals surface area contributed by atoms with Crippen molar-refractivity contribution in [1.29, 1.82) is 0 Å². The zero-order valence-electron chi connectivity index (χ0n) is 13.3. The van der Waals surface area contributed by atoms with E-state index < -0.39 is 15.9 Å². The van der Waals surface area contributed by atoms with E-state index in [0.29, 0.717) is 26.6 Å². The number of aryl methyl sites for hydroxylation is 1. The number of hydrogen-bond donors (Lipinski definition) is 2. The lowest BCUT2D eigenvalue weighted by atomic mass is 10.2. The lowest BCUT2D eigenvalue weighted by molar-refractivity contribution is 0.262. The van der Waals surface area contributed by atoms with Crippen LogP contribution in [0, 0.1) is 6.92 Å². The molecule has 130 valence electrons. The second kappa shape index (κ2) is 6.62. The number of amides is 2. The van der Waals surface area contributed by atoms with Gasteiger partial charge in [-0.15, -0.1) is 11.3 Å². The summed E-state index contributed by atoms with van der Waals surface area (Å²) >= 11 is 7.16. The summed E-state index contributed by atoms with van der Waals surface area (Å²) < 4.78 is 23.9. The molecule has 0 aliphatic heterocycles. The van der Waals surface area contributed by atoms with Crippen molar-refractivity contribution in [2.24, 2.45) is 0 Å². The predicted octanol–water partition coefficient (Wildman–Crippen LogP) is 4.31. The number of urea groups is 1. The normalized spacial score (nSPS) is 11.5. The number of anilines is 2. The summed E-state index contributed by atoms with van der Waals surface area (Å²) in [6, 6.07) is 9.88. The van der Waals surface area contributed by atoms with Gasteiger partial charge in [-0.1, -0.05) is 17.7 Å². The maximum Gasteiger partial charge on any atom is 0.323 e. The number of benzene rings is 2. The number of carbonyl (C=O) groups excluding carboxylic acids is 1. The van der Waals surface area contributed by atoms with Gasteiger partial charge >= 0.3 is 6.03 Å². The Bertz CT molecular complexity index is 1080. The fraction of sp³-hybridized carbons (Fsp3) is 0.125. The van der Waals surface area contributed by atoms with E-state index in [1.165, 1.54) is 0 Å². The highest BCUT2D eigenvalue weighted by Crippen LogP contribution is 2.28. The van der Waals surface area contributed by atoms with Crippen molar-refractivity contribution in [2.75, 3.05) is 16.9 Å². The molecule has 3 rings (SSSR count). The van der Waals surface area contributed by atoms with E-state index in [1.54, 1.807) is 30.3 Å². The van der Waals surface area contributed by atoms with Gasteiger partial charge in [-0.05, 0) is 42.8 Å². The molecule has 0 radical (unpaired) electrons. The van der Waals surface area contributed by atoms with Crippen LogP contribution >= 0.6 is 22.9 Å². The summed E-state index contributed by atoms with van der Waals surface area (Å²) in [6.07, 6.45) is 1.11. The van der Waals surface area contributed by atoms with Crippen LogP contribution in [0.1, 0.15) is 5.56 Å². The topological polar surface area (TPSA) is 88.2 Å². The summed E-state index contributed by atoms with van der Waals surface area (Å²) in [7, 11) is -3.36. The SMILES string of the molecule is Cc1ccc(NC(=O)Nc2ccc3nc(S(C)(=O)=O)sc3c2)c(Cl)c1. The zero-order valence-corrected chi connectivity index (χ0v) is 15.7. The van der Waals surface area contributed by atoms with Crippen molar-refractivity contribution in [3.05, 3.63) is 47.0 Å². The van der Waals surface area contributed by atoms with Crippen LogP contribution in [0.15, 0.2) is 40.7 Å². The Balaban J connectivity index is 1.79. The number of aromatic nitrogens is 1. The number of nitrogens with zero attached hydrogens (tertiary/aromatic N) is 1. The number of rotatable bonds is 3. The number of thiazole rings is 1. The van der Waals surface area contributed by atoms with Crippen LogP contribution in [-0.4, -0.2) is 25.7 Å². The van der Waals surface area contributed by atoms with Crippen molar-refractivity contribution in [1.82, 2.24) is 4.98 Å². The van der Waals surface area contributed by atoms with Crippen LogP contribution in [-0.2, 0) is 9.84 Å². The molecule has 1 aromatic heterocycles. The van der Waals surface area contributed by atoms with Crippen LogP contribution in [0.4, 0.5) is 16.2 Å². The molecular formula is C16H14ClN3O3S2. The van der Waals surface area contributed by atoms with Crippen molar-refractivity contribution < 1.29 is 13.2 Å². The number of fused-ring (bicyclic) bond motifs is 1. The van der Waals surface area contributed by atoms with Gasteiger partial charge in [0.2, 0.25) is 14.2 Å². The molecule has 0 fully saturated rings. The van der Waals surface area contributed by atoms with Crippen LogP contribution in [0.25, 0.3) is 10.2 Å². The second-order valence-electron chi connectivity index (χ2n) is 5.50. The molecule has 2 amide bonds. The average Bonchev–Trinajstić information content (AvgIpc) is 2.93. The quantitative estimate of drug-likeness (QED) is 0.691. The Morgan fingerprint density at radius 3 is 2.60 bits per heavy atom. The summed E-state index contributed by atoms with van der Waals surface area (Å²) in [5.74, 6) is 0. The van der Waals surface area contributed by atoms with E-state index in [9.17, 15) is 13.2 Å². The fourth-order valence-corrected chi connectivity index (χ4v) is 4.30. The number of sulfone groups is 1. The van der Waals surface area contributed by atoms with Crippen molar-refractivity contribution in [3.63, 3.8) is 0 Å². The first-order chi connectivity index (χ1) is 11.7. The fourth-order valence-electron chi connectivity index (χ4n) is 2.15. The van der Waals surface area contributed by atoms with E-state index in [-0.39, 0.29) is 4.34 Å². The summed E-state index contributed by atoms with van der Waals surface area (Å²) in [5, 5.41) is 5.82. The molecule has 2 aromatic carbocycles. The number of carbonyl (C=O) groups is 1. The smallest absolute Gasteiger partial charge is 0.308 e. The maximum atomic E-state index is 12.1. The van der Waals surface area contributed by atoms with Crippen molar-refractivity contribution in [3.8, 4) is 0 Å². The first-order valence-electron chi connectivity index (χ1n) is 7.17. The lowest BCUT2D eigenvalue weighted by Gasteiger charge is -2.09. The summed E-state index contributed by atoms with van der Waals surface area (Å²) in [6.45, 7) is 1.91. The highest BCUT2D eigenvalue weighted by Gasteiger charge is 2.14. The van der Waals surface area contributed by atoms with E-state index in [4.69, 9.17) is 11.6 Å². The summed E-state index contributed by atoms with van der Waals surface area (Å²) in [4.78, 5) is 16.2. The molecule has 3 aromatic rings. The Morgan fingerprint density at radius 2 is 1.92 bits per heavy atom. The van der Waals surface area contributed by atoms with Gasteiger partial charge in [0.25, 0.3) is 0 Å². The van der Waals surface area contributed by atoms with Crippen LogP contribution in [0.2, 0.25) is 5.02 Å². The van der Waals surface area contributed by atoms with Gasteiger partial charge in [-0.25, -0.2) is 18.2 Å².